The van der Waals surface area contributed by atoms with E-state index >= 15 is 0 Å². The van der Waals surface area contributed by atoms with E-state index in [1.807, 2.05) is 24.4 Å². The molecule has 1 aliphatic carbocycles. The van der Waals surface area contributed by atoms with Gasteiger partial charge in [-0.25, -0.2) is 0 Å². The molecule has 0 bridgehead atoms. The molecule has 1 aromatic heterocycles. The van der Waals surface area contributed by atoms with Crippen LogP contribution in [0.15, 0.2) is 30.5 Å². The molecule has 0 saturated heterocycles. The molecule has 20 heavy (non-hydrogen) atoms. The number of aromatic nitrogens is 2. The molecule has 0 aliphatic heterocycles. The van der Waals surface area contributed by atoms with Crippen molar-refractivity contribution in [1.82, 2.24) is 9.78 Å². The molecule has 4 heteroatoms. The summed E-state index contributed by atoms with van der Waals surface area (Å²) in [5.41, 5.74) is 9.71. The average Bonchev–Trinajstić information content (AvgIpc) is 2.84. The molecule has 106 valence electrons. The van der Waals surface area contributed by atoms with Crippen LogP contribution in [0.5, 0.6) is 0 Å². The third-order valence-electron chi connectivity index (χ3n) is 4.12. The van der Waals surface area contributed by atoms with Crippen molar-refractivity contribution in [2.24, 2.45) is 5.73 Å². The summed E-state index contributed by atoms with van der Waals surface area (Å²) >= 11 is 6.05. The summed E-state index contributed by atoms with van der Waals surface area (Å²) in [6.07, 6.45) is 6.71. The number of nitrogens with two attached hydrogens (primary N) is 1. The van der Waals surface area contributed by atoms with E-state index in [9.17, 15) is 0 Å². The summed E-state index contributed by atoms with van der Waals surface area (Å²) in [5.74, 6) is 0.594. The van der Waals surface area contributed by atoms with Crippen LogP contribution in [0.25, 0.3) is 0 Å². The second kappa shape index (κ2) is 5.98. The van der Waals surface area contributed by atoms with Gasteiger partial charge in [0, 0.05) is 10.7 Å². The van der Waals surface area contributed by atoms with Crippen LogP contribution >= 0.6 is 11.6 Å². The molecule has 2 aromatic rings. The Bertz CT molecular complexity index is 591. The topological polar surface area (TPSA) is 43.8 Å². The van der Waals surface area contributed by atoms with Gasteiger partial charge in [-0.2, -0.15) is 5.10 Å². The lowest BCUT2D eigenvalue weighted by molar-refractivity contribution is 0.506. The Kier molecular flexibility index (Phi) is 4.08. The predicted molar refractivity (Wildman–Crippen MR) is 82.1 cm³/mol. The SMILES string of the molecule is NCCC1CCCc2c1cnn2Cc1cccc(Cl)c1. The summed E-state index contributed by atoms with van der Waals surface area (Å²) < 4.78 is 2.13. The Morgan fingerprint density at radius 2 is 2.30 bits per heavy atom. The van der Waals surface area contributed by atoms with Crippen LogP contribution in [-0.4, -0.2) is 16.3 Å². The lowest BCUT2D eigenvalue weighted by atomic mass is 9.85. The Morgan fingerprint density at radius 1 is 1.40 bits per heavy atom. The first-order valence-electron chi connectivity index (χ1n) is 7.27. The minimum Gasteiger partial charge on any atom is -0.330 e. The average molecular weight is 290 g/mol. The van der Waals surface area contributed by atoms with Crippen LogP contribution in [0.4, 0.5) is 0 Å². The highest BCUT2D eigenvalue weighted by atomic mass is 35.5. The first-order valence-corrected chi connectivity index (χ1v) is 7.65. The van der Waals surface area contributed by atoms with Gasteiger partial charge < -0.3 is 5.73 Å². The maximum atomic E-state index is 6.05. The van der Waals surface area contributed by atoms with Crippen LogP contribution < -0.4 is 5.73 Å². The lowest BCUT2D eigenvalue weighted by Crippen LogP contribution is -2.16. The van der Waals surface area contributed by atoms with E-state index in [0.29, 0.717) is 5.92 Å². The van der Waals surface area contributed by atoms with Gasteiger partial charge >= 0.3 is 0 Å². The van der Waals surface area contributed by atoms with Crippen molar-refractivity contribution >= 4 is 11.6 Å². The smallest absolute Gasteiger partial charge is 0.0663 e. The molecule has 1 aliphatic rings. The van der Waals surface area contributed by atoms with E-state index in [4.69, 9.17) is 17.3 Å². The molecule has 2 N–H and O–H groups in total. The van der Waals surface area contributed by atoms with Crippen LogP contribution in [0, 0.1) is 0 Å². The fourth-order valence-corrected chi connectivity index (χ4v) is 3.37. The molecule has 3 rings (SSSR count). The van der Waals surface area contributed by atoms with Crippen LogP contribution in [0.1, 0.15) is 42.0 Å². The molecule has 1 aromatic carbocycles. The van der Waals surface area contributed by atoms with Gasteiger partial charge in [0.2, 0.25) is 0 Å². The molecule has 0 fully saturated rings. The molecule has 3 nitrogen and oxygen atoms in total. The summed E-state index contributed by atoms with van der Waals surface area (Å²) in [7, 11) is 0. The number of benzene rings is 1. The second-order valence-corrected chi connectivity index (χ2v) is 5.94. The fraction of sp³-hybridized carbons (Fsp3) is 0.438. The molecular formula is C16H20ClN3. The van der Waals surface area contributed by atoms with E-state index < -0.39 is 0 Å². The van der Waals surface area contributed by atoms with Crippen molar-refractivity contribution in [3.05, 3.63) is 52.3 Å². The Morgan fingerprint density at radius 3 is 3.10 bits per heavy atom. The van der Waals surface area contributed by atoms with Crippen molar-refractivity contribution in [3.63, 3.8) is 0 Å². The largest absolute Gasteiger partial charge is 0.330 e. The monoisotopic (exact) mass is 289 g/mol. The lowest BCUT2D eigenvalue weighted by Gasteiger charge is -2.22. The van der Waals surface area contributed by atoms with Crippen molar-refractivity contribution in [1.29, 1.82) is 0 Å². The van der Waals surface area contributed by atoms with Crippen LogP contribution in [0.3, 0.4) is 0 Å². The highest BCUT2D eigenvalue weighted by molar-refractivity contribution is 6.30. The van der Waals surface area contributed by atoms with E-state index in [-0.39, 0.29) is 0 Å². The summed E-state index contributed by atoms with van der Waals surface area (Å²) in [5, 5.41) is 5.37. The number of nitrogens with zero attached hydrogens (tertiary/aromatic N) is 2. The van der Waals surface area contributed by atoms with Crippen LogP contribution in [-0.2, 0) is 13.0 Å². The first kappa shape index (κ1) is 13.7. The Balaban J connectivity index is 1.85. The molecule has 1 heterocycles. The van der Waals surface area contributed by atoms with Gasteiger partial charge in [0.25, 0.3) is 0 Å². The van der Waals surface area contributed by atoms with Gasteiger partial charge in [0.15, 0.2) is 0 Å². The van der Waals surface area contributed by atoms with E-state index in [1.165, 1.54) is 29.7 Å². The highest BCUT2D eigenvalue weighted by Crippen LogP contribution is 2.33. The quantitative estimate of drug-likeness (QED) is 0.938. The molecule has 0 amide bonds. The minimum absolute atomic E-state index is 0.594. The molecule has 0 saturated carbocycles. The zero-order valence-electron chi connectivity index (χ0n) is 11.6. The molecular weight excluding hydrogens is 270 g/mol. The zero-order valence-corrected chi connectivity index (χ0v) is 12.3. The van der Waals surface area contributed by atoms with Gasteiger partial charge in [-0.05, 0) is 61.4 Å². The van der Waals surface area contributed by atoms with Crippen molar-refractivity contribution < 1.29 is 0 Å². The third kappa shape index (κ3) is 2.74. The predicted octanol–water partition coefficient (Wildman–Crippen LogP) is 3.35. The van der Waals surface area contributed by atoms with Crippen LogP contribution in [0.2, 0.25) is 5.02 Å². The molecule has 0 radical (unpaired) electrons. The summed E-state index contributed by atoms with van der Waals surface area (Å²) in [6.45, 7) is 1.55. The van der Waals surface area contributed by atoms with E-state index in [2.05, 4.69) is 15.8 Å². The van der Waals surface area contributed by atoms with Gasteiger partial charge in [-0.1, -0.05) is 23.7 Å². The maximum absolute atomic E-state index is 6.05. The van der Waals surface area contributed by atoms with E-state index in [0.717, 1.165) is 31.0 Å². The number of hydrogen-bond donors (Lipinski definition) is 1. The van der Waals surface area contributed by atoms with Crippen molar-refractivity contribution in [2.75, 3.05) is 6.54 Å². The normalized spacial score (nSPS) is 18.0. The number of halogens is 1. The number of rotatable bonds is 4. The maximum Gasteiger partial charge on any atom is 0.0663 e. The van der Waals surface area contributed by atoms with E-state index in [1.54, 1.807) is 0 Å². The van der Waals surface area contributed by atoms with Crippen molar-refractivity contribution in [3.8, 4) is 0 Å². The molecule has 0 spiro atoms. The highest BCUT2D eigenvalue weighted by Gasteiger charge is 2.23. The summed E-state index contributed by atoms with van der Waals surface area (Å²) in [6, 6.07) is 8.00. The standard InChI is InChI=1S/C16H20ClN3/c17-14-5-1-3-12(9-14)11-20-16-6-2-4-13(7-8-18)15(16)10-19-20/h1,3,5,9-10,13H,2,4,6-8,11,18H2. The number of hydrogen-bond acceptors (Lipinski definition) is 2. The van der Waals surface area contributed by atoms with Gasteiger partial charge in [0.05, 0.1) is 12.7 Å². The molecule has 1 atom stereocenters. The molecule has 1 unspecified atom stereocenters. The fourth-order valence-electron chi connectivity index (χ4n) is 3.16. The summed E-state index contributed by atoms with van der Waals surface area (Å²) in [4.78, 5) is 0. The van der Waals surface area contributed by atoms with Gasteiger partial charge in [-0.15, -0.1) is 0 Å². The third-order valence-corrected chi connectivity index (χ3v) is 4.36. The second-order valence-electron chi connectivity index (χ2n) is 5.50. The Labute approximate surface area is 124 Å². The zero-order chi connectivity index (χ0) is 13.9. The van der Waals surface area contributed by atoms with Gasteiger partial charge in [-0.3, -0.25) is 4.68 Å². The van der Waals surface area contributed by atoms with Gasteiger partial charge in [0.1, 0.15) is 0 Å². The minimum atomic E-state index is 0.594. The Hall–Kier alpha value is -1.32. The first-order chi connectivity index (χ1) is 9.78. The number of fused-ring (bicyclic) bond motifs is 1. The van der Waals surface area contributed by atoms with Crippen molar-refractivity contribution in [2.45, 2.75) is 38.1 Å².